The second kappa shape index (κ2) is 39.4. The average Bonchev–Trinajstić information content (AvgIpc) is 1.44. The Hall–Kier alpha value is -7.16. The van der Waals surface area contributed by atoms with Crippen LogP contribution in [0.4, 0.5) is 0 Å². The van der Waals surface area contributed by atoms with Crippen LogP contribution in [0, 0.1) is 51.4 Å². The topological polar surface area (TPSA) is 155 Å². The van der Waals surface area contributed by atoms with Gasteiger partial charge in [0.1, 0.15) is 24.4 Å². The van der Waals surface area contributed by atoms with Crippen molar-refractivity contribution in [3.63, 3.8) is 0 Å². The SMILES string of the molecule is CC.Cc1cc(C)c(C(=O)OCC[Si](C)(C)C)c(C2CC2C[C@@H]2OC(C)(C)O[C@@H]2C(/C=C\C[C@H](C)O[Si](c2ccccc2)(c2ccccc2)C(C)(C)C)OC(=O)c2ccccc2)c1.Cc1cc(C)c(C(=O)OCC[Si](C)(C)C)c(C2CC2C[C@@H]2OC(C)(C)O[C@@H]2C(O)C#CC[C@H](C)O[Si](c2ccccc2)(c2ccccc2)C(C)(C)C)c1. The van der Waals surface area contributed by atoms with Crippen LogP contribution in [-0.2, 0) is 42.0 Å². The van der Waals surface area contributed by atoms with Crippen molar-refractivity contribution in [2.45, 2.75) is 297 Å². The number of rotatable bonds is 30. The Morgan fingerprint density at radius 3 is 1.26 bits per heavy atom. The second-order valence-corrected chi connectivity index (χ2v) is 57.7. The normalized spacial score (nSPS) is 21.5. The van der Waals surface area contributed by atoms with Gasteiger partial charge in [0.05, 0.1) is 48.2 Å². The van der Waals surface area contributed by atoms with Gasteiger partial charge >= 0.3 is 17.9 Å². The van der Waals surface area contributed by atoms with Gasteiger partial charge in [-0.15, -0.1) is 0 Å². The van der Waals surface area contributed by atoms with Crippen LogP contribution in [-0.4, -0.2) is 129 Å². The van der Waals surface area contributed by atoms with Crippen molar-refractivity contribution in [1.29, 1.82) is 0 Å². The molecule has 0 amide bonds. The van der Waals surface area contributed by atoms with E-state index in [2.05, 4.69) is 260 Å². The molecule has 4 fully saturated rings. The fourth-order valence-corrected chi connectivity index (χ4v) is 27.9. The van der Waals surface area contributed by atoms with Crippen LogP contribution >= 0.6 is 0 Å². The fourth-order valence-electron chi connectivity index (χ4n) is 17.1. The molecule has 12 atom stereocenters. The maximum absolute atomic E-state index is 13.7. The molecule has 0 aromatic heterocycles. The molecule has 6 unspecified atom stereocenters. The zero-order chi connectivity index (χ0) is 84.9. The van der Waals surface area contributed by atoms with E-state index in [4.69, 9.17) is 42.0 Å². The van der Waals surface area contributed by atoms with Gasteiger partial charge in [0.15, 0.2) is 11.6 Å². The Morgan fingerprint density at radius 1 is 0.517 bits per heavy atom. The molecule has 2 saturated heterocycles. The molecule has 0 radical (unpaired) electrons. The number of carbonyl (C=O) groups is 3. The van der Waals surface area contributed by atoms with Gasteiger partial charge in [-0.1, -0.05) is 288 Å². The lowest BCUT2D eigenvalue weighted by atomic mass is 9.93. The molecular weight excluding hydrogens is 1510 g/mol. The highest BCUT2D eigenvalue weighted by Gasteiger charge is 2.55. The summed E-state index contributed by atoms with van der Waals surface area (Å²) >= 11 is 0. The van der Waals surface area contributed by atoms with Gasteiger partial charge in [0, 0.05) is 28.7 Å². The minimum atomic E-state index is -2.79. The molecule has 0 bridgehead atoms. The monoisotopic (exact) mass is 1640 g/mol. The van der Waals surface area contributed by atoms with Crippen molar-refractivity contribution in [3.8, 4) is 11.8 Å². The minimum absolute atomic E-state index is 0.142. The quantitative estimate of drug-likeness (QED) is 0.0149. The lowest BCUT2D eigenvalue weighted by Crippen LogP contribution is -2.67. The first kappa shape index (κ1) is 92.7. The lowest BCUT2D eigenvalue weighted by Gasteiger charge is -2.44. The van der Waals surface area contributed by atoms with Crippen LogP contribution in [0.2, 0.25) is 61.4 Å². The Morgan fingerprint density at radius 2 is 0.879 bits per heavy atom. The molecule has 0 spiro atoms. The van der Waals surface area contributed by atoms with E-state index in [1.54, 1.807) is 12.1 Å². The van der Waals surface area contributed by atoms with Gasteiger partial charge in [-0.05, 0) is 208 Å². The number of aryl methyl sites for hydroxylation is 4. The highest BCUT2D eigenvalue weighted by Crippen LogP contribution is 2.55. The van der Waals surface area contributed by atoms with Gasteiger partial charge in [0.25, 0.3) is 16.6 Å². The predicted octanol–water partition coefficient (Wildman–Crippen LogP) is 20.5. The van der Waals surface area contributed by atoms with Crippen molar-refractivity contribution in [2.75, 3.05) is 13.2 Å². The lowest BCUT2D eigenvalue weighted by molar-refractivity contribution is -0.153. The summed E-state index contributed by atoms with van der Waals surface area (Å²) in [7, 11) is -8.20. The fraction of sp³-hybridized carbons (Fsp3) is 0.505. The second-order valence-electron chi connectivity index (χ2n) is 38.0. The Balaban J connectivity index is 0.000000262. The van der Waals surface area contributed by atoms with Gasteiger partial charge in [-0.3, -0.25) is 0 Å². The van der Waals surface area contributed by atoms with E-state index in [0.29, 0.717) is 61.5 Å². The van der Waals surface area contributed by atoms with Crippen molar-refractivity contribution < 1.29 is 61.5 Å². The largest absolute Gasteiger partial charge is 0.462 e. The van der Waals surface area contributed by atoms with Crippen LogP contribution in [0.15, 0.2) is 188 Å². The maximum atomic E-state index is 13.7. The van der Waals surface area contributed by atoms with Gasteiger partial charge in [-0.25, -0.2) is 14.4 Å². The predicted molar refractivity (Wildman–Crippen MR) is 483 cm³/mol. The van der Waals surface area contributed by atoms with Crippen LogP contribution in [0.25, 0.3) is 0 Å². The average molecular weight is 1650 g/mol. The first-order chi connectivity index (χ1) is 54.6. The summed E-state index contributed by atoms with van der Waals surface area (Å²) < 4.78 is 58.6. The molecule has 2 saturated carbocycles. The number of ether oxygens (including phenoxy) is 7. The Bertz CT molecular complexity index is 4380. The molecule has 13 nitrogen and oxygen atoms in total. The summed E-state index contributed by atoms with van der Waals surface area (Å²) in [5.41, 5.74) is 8.17. The number of benzene rings is 7. The van der Waals surface area contributed by atoms with E-state index < -0.39 is 74.7 Å². The highest BCUT2D eigenvalue weighted by atomic mass is 28.4. The molecule has 7 aromatic carbocycles. The summed E-state index contributed by atoms with van der Waals surface area (Å²) in [5, 5.41) is 16.1. The summed E-state index contributed by atoms with van der Waals surface area (Å²) in [6.45, 7) is 52.3. The van der Waals surface area contributed by atoms with Crippen molar-refractivity contribution in [2.24, 2.45) is 11.8 Å². The van der Waals surface area contributed by atoms with Crippen LogP contribution in [0.5, 0.6) is 0 Å². The number of carbonyl (C=O) groups excluding carboxylic acids is 3. The Kier molecular flexibility index (Phi) is 31.5. The highest BCUT2D eigenvalue weighted by molar-refractivity contribution is 7.00. The Labute approximate surface area is 700 Å². The number of hydrogen-bond acceptors (Lipinski definition) is 13. The molecule has 2 aliphatic carbocycles. The third kappa shape index (κ3) is 24.1. The van der Waals surface area contributed by atoms with Crippen molar-refractivity contribution in [1.82, 2.24) is 0 Å². The first-order valence-corrected chi connectivity index (χ1v) is 53.8. The molecule has 2 aliphatic heterocycles. The molecule has 626 valence electrons. The third-order valence-electron chi connectivity index (χ3n) is 22.7. The van der Waals surface area contributed by atoms with Crippen LogP contribution in [0.3, 0.4) is 0 Å². The first-order valence-electron chi connectivity index (χ1n) is 42.5. The number of aliphatic hydroxyl groups is 1. The third-order valence-corrected chi connectivity index (χ3v) is 36.4. The molecular formula is C99H136O13Si4. The van der Waals surface area contributed by atoms with E-state index in [9.17, 15) is 19.5 Å². The summed E-state index contributed by atoms with van der Waals surface area (Å²) in [5.74, 6) is 4.73. The minimum Gasteiger partial charge on any atom is -0.462 e. The zero-order valence-electron chi connectivity index (χ0n) is 74.2. The zero-order valence-corrected chi connectivity index (χ0v) is 78.2. The van der Waals surface area contributed by atoms with Gasteiger partial charge < -0.3 is 47.1 Å². The van der Waals surface area contributed by atoms with Crippen LogP contribution < -0.4 is 20.7 Å². The molecule has 116 heavy (non-hydrogen) atoms. The number of hydrogen-bond donors (Lipinski definition) is 1. The van der Waals surface area contributed by atoms with Gasteiger partial charge in [0.2, 0.25) is 0 Å². The standard InChI is InChI=1S/C52H68O7Si2.C45H62O6Si2.C2H6/c1-36-32-37(2)47(50(54)55-30-31-60(9,10)11)44(33-36)43-34-40(43)35-46-48(58-52(7,8)57-46)45(56-49(53)39-23-15-12-16-24-39)29-21-22-38(3)59-61(51(4,5)6,41-25-17-13-18-26-41)42-27-19-14-20-28-42;1-31-27-32(2)41(43(47)48-25-26-52(9,10)11)38(28-31)37-29-34(37)30-40-42(50-45(7,8)49-40)39(46)24-18-19-33(3)51-53(44(4,5)6,35-20-14-12-15-21-35)36-22-16-13-17-23-36;1-2/h12-21,23-29,32-33,38,40,43,45-46,48H,22,30-31,34-35H2,1-11H3;12-17,20-23,27-28,33-34,37,39-40,42,46H,19,25-26,29-30H2,1-11H3;1-2H3/b29-21-;;/t38-,40?,43?,45?,46-,48+;33-,34?,37?,39?,40-,42+;/m00./s1. The number of aliphatic hydroxyl groups excluding tert-OH is 1. The summed E-state index contributed by atoms with van der Waals surface area (Å²) in [4.78, 5) is 40.8. The molecule has 4 aliphatic rings. The number of esters is 3. The smallest absolute Gasteiger partial charge is 0.338 e. The van der Waals surface area contributed by atoms with E-state index in [0.717, 1.165) is 58.3 Å². The van der Waals surface area contributed by atoms with Crippen molar-refractivity contribution >= 4 is 71.4 Å². The van der Waals surface area contributed by atoms with E-state index in [1.807, 2.05) is 91.8 Å². The summed E-state index contributed by atoms with van der Waals surface area (Å²) in [6.07, 6.45) is 4.50. The van der Waals surface area contributed by atoms with E-state index in [1.165, 1.54) is 20.7 Å². The van der Waals surface area contributed by atoms with Crippen LogP contribution in [0.1, 0.15) is 212 Å². The van der Waals surface area contributed by atoms with E-state index >= 15 is 0 Å². The molecule has 11 rings (SSSR count). The van der Waals surface area contributed by atoms with Crippen molar-refractivity contribution in [3.05, 3.63) is 238 Å². The molecule has 2 heterocycles. The maximum Gasteiger partial charge on any atom is 0.338 e. The molecule has 17 heteroatoms. The summed E-state index contributed by atoms with van der Waals surface area (Å²) in [6, 6.07) is 62.0. The molecule has 1 N–H and O–H groups in total. The molecule has 7 aromatic rings. The van der Waals surface area contributed by atoms with Gasteiger partial charge in [-0.2, -0.15) is 0 Å². The van der Waals surface area contributed by atoms with E-state index in [-0.39, 0.29) is 64.2 Å².